The summed E-state index contributed by atoms with van der Waals surface area (Å²) in [6, 6.07) is 4.15. The van der Waals surface area contributed by atoms with E-state index < -0.39 is 0 Å². The van der Waals surface area contributed by atoms with Crippen LogP contribution in [0.25, 0.3) is 0 Å². The highest BCUT2D eigenvalue weighted by atomic mass is 35.5. The van der Waals surface area contributed by atoms with Gasteiger partial charge in [0.05, 0.1) is 6.61 Å². The minimum Gasteiger partial charge on any atom is -0.493 e. The highest BCUT2D eigenvalue weighted by Gasteiger charge is 2.31. The first-order valence-electron chi connectivity index (χ1n) is 6.86. The van der Waals surface area contributed by atoms with Crippen molar-refractivity contribution in [2.45, 2.75) is 25.7 Å². The molecular weight excluding hydrogens is 246 g/mol. The normalized spacial score (nSPS) is 25.4. The topological polar surface area (TPSA) is 21.3 Å². The first-order valence-corrected chi connectivity index (χ1v) is 7.24. The quantitative estimate of drug-likeness (QED) is 0.904. The fourth-order valence-electron chi connectivity index (χ4n) is 3.22. The van der Waals surface area contributed by atoms with Gasteiger partial charge in [-0.3, -0.25) is 0 Å². The van der Waals surface area contributed by atoms with Crippen molar-refractivity contribution in [1.29, 1.82) is 0 Å². The molecule has 1 fully saturated rings. The molecular formula is C15H20ClNO. The Kier molecular flexibility index (Phi) is 3.49. The molecule has 98 valence electrons. The highest BCUT2D eigenvalue weighted by molar-refractivity contribution is 6.30. The van der Waals surface area contributed by atoms with Crippen molar-refractivity contribution in [3.63, 3.8) is 0 Å². The average molecular weight is 266 g/mol. The van der Waals surface area contributed by atoms with E-state index in [1.54, 1.807) is 0 Å². The summed E-state index contributed by atoms with van der Waals surface area (Å²) in [6.45, 7) is 1.95. The van der Waals surface area contributed by atoms with Gasteiger partial charge in [0.2, 0.25) is 0 Å². The Labute approximate surface area is 114 Å². The highest BCUT2D eigenvalue weighted by Crippen LogP contribution is 2.40. The standard InChI is InChI=1S/C15H20ClNO/c1-17-9-12-3-2-10(12)6-13-8-14(16)7-11-4-5-18-15(11)13/h7-8,10,12,17H,2-6,9H2,1H3. The molecule has 2 unspecified atom stereocenters. The first kappa shape index (κ1) is 12.3. The first-order chi connectivity index (χ1) is 8.78. The van der Waals surface area contributed by atoms with Crippen molar-refractivity contribution in [1.82, 2.24) is 5.32 Å². The van der Waals surface area contributed by atoms with E-state index in [1.807, 2.05) is 7.05 Å². The summed E-state index contributed by atoms with van der Waals surface area (Å²) in [4.78, 5) is 0. The van der Waals surface area contributed by atoms with Crippen LogP contribution >= 0.6 is 11.6 Å². The van der Waals surface area contributed by atoms with Gasteiger partial charge >= 0.3 is 0 Å². The van der Waals surface area contributed by atoms with Gasteiger partial charge < -0.3 is 10.1 Å². The summed E-state index contributed by atoms with van der Waals surface area (Å²) in [6.07, 6.45) is 4.82. The van der Waals surface area contributed by atoms with Crippen molar-refractivity contribution in [2.24, 2.45) is 11.8 Å². The third-order valence-electron chi connectivity index (χ3n) is 4.35. The van der Waals surface area contributed by atoms with E-state index in [9.17, 15) is 0 Å². The third kappa shape index (κ3) is 2.24. The van der Waals surface area contributed by atoms with Crippen LogP contribution in [0.15, 0.2) is 12.1 Å². The minimum atomic E-state index is 0.796. The molecule has 1 saturated carbocycles. The number of ether oxygens (including phenoxy) is 1. The Hall–Kier alpha value is -0.730. The summed E-state index contributed by atoms with van der Waals surface area (Å²) >= 11 is 6.20. The molecule has 3 heteroatoms. The van der Waals surface area contributed by atoms with E-state index in [0.29, 0.717) is 0 Å². The molecule has 1 aliphatic carbocycles. The van der Waals surface area contributed by atoms with E-state index in [2.05, 4.69) is 17.4 Å². The maximum atomic E-state index is 6.20. The molecule has 1 aromatic rings. The van der Waals surface area contributed by atoms with Gasteiger partial charge in [-0.1, -0.05) is 11.6 Å². The Morgan fingerprint density at radius 2 is 2.17 bits per heavy atom. The number of fused-ring (bicyclic) bond motifs is 1. The van der Waals surface area contributed by atoms with Crippen molar-refractivity contribution in [2.75, 3.05) is 20.2 Å². The fraction of sp³-hybridized carbons (Fsp3) is 0.600. The molecule has 0 radical (unpaired) electrons. The van der Waals surface area contributed by atoms with Gasteiger partial charge in [-0.25, -0.2) is 0 Å². The monoisotopic (exact) mass is 265 g/mol. The van der Waals surface area contributed by atoms with Crippen LogP contribution in [-0.4, -0.2) is 20.2 Å². The van der Waals surface area contributed by atoms with Crippen LogP contribution in [0.5, 0.6) is 5.75 Å². The Balaban J connectivity index is 1.77. The Morgan fingerprint density at radius 1 is 1.33 bits per heavy atom. The molecule has 0 amide bonds. The van der Waals surface area contributed by atoms with E-state index in [-0.39, 0.29) is 0 Å². The summed E-state index contributed by atoms with van der Waals surface area (Å²) in [7, 11) is 2.04. The minimum absolute atomic E-state index is 0.796. The lowest BCUT2D eigenvalue weighted by Gasteiger charge is -2.37. The van der Waals surface area contributed by atoms with Gasteiger partial charge in [-0.15, -0.1) is 0 Å². The van der Waals surface area contributed by atoms with Crippen LogP contribution in [-0.2, 0) is 12.8 Å². The van der Waals surface area contributed by atoms with Crippen LogP contribution in [0.2, 0.25) is 5.02 Å². The van der Waals surface area contributed by atoms with E-state index in [0.717, 1.165) is 48.6 Å². The van der Waals surface area contributed by atoms with Crippen molar-refractivity contribution in [3.05, 3.63) is 28.3 Å². The SMILES string of the molecule is CNCC1CCC1Cc1cc(Cl)cc2c1OCC2. The van der Waals surface area contributed by atoms with Crippen LogP contribution in [0.3, 0.4) is 0 Å². The lowest BCUT2D eigenvalue weighted by Crippen LogP contribution is -2.35. The molecule has 0 aromatic heterocycles. The molecule has 18 heavy (non-hydrogen) atoms. The number of benzene rings is 1. The van der Waals surface area contributed by atoms with Gasteiger partial charge in [0.25, 0.3) is 0 Å². The number of rotatable bonds is 4. The summed E-state index contributed by atoms with van der Waals surface area (Å²) < 4.78 is 5.78. The lowest BCUT2D eigenvalue weighted by molar-refractivity contribution is 0.172. The molecule has 3 rings (SSSR count). The Bertz CT molecular complexity index is 446. The van der Waals surface area contributed by atoms with Gasteiger partial charge in [0.1, 0.15) is 5.75 Å². The molecule has 2 nitrogen and oxygen atoms in total. The fourth-order valence-corrected chi connectivity index (χ4v) is 3.48. The van der Waals surface area contributed by atoms with Gasteiger partial charge in [-0.05, 0) is 68.0 Å². The predicted octanol–water partition coefficient (Wildman–Crippen LogP) is 3.06. The molecule has 1 heterocycles. The molecule has 0 bridgehead atoms. The van der Waals surface area contributed by atoms with E-state index in [1.165, 1.54) is 24.0 Å². The van der Waals surface area contributed by atoms with Crippen LogP contribution in [0.4, 0.5) is 0 Å². The van der Waals surface area contributed by atoms with Gasteiger partial charge in [0.15, 0.2) is 0 Å². The van der Waals surface area contributed by atoms with Crippen LogP contribution in [0, 0.1) is 11.8 Å². The summed E-state index contributed by atoms with van der Waals surface area (Å²) in [5.41, 5.74) is 2.61. The zero-order valence-electron chi connectivity index (χ0n) is 10.8. The molecule has 1 N–H and O–H groups in total. The van der Waals surface area contributed by atoms with Gasteiger partial charge in [-0.2, -0.15) is 0 Å². The van der Waals surface area contributed by atoms with Gasteiger partial charge in [0, 0.05) is 11.4 Å². The summed E-state index contributed by atoms with van der Waals surface area (Å²) in [5, 5.41) is 4.15. The van der Waals surface area contributed by atoms with E-state index >= 15 is 0 Å². The summed E-state index contributed by atoms with van der Waals surface area (Å²) in [5.74, 6) is 2.74. The Morgan fingerprint density at radius 3 is 2.89 bits per heavy atom. The molecule has 0 saturated heterocycles. The number of nitrogens with one attached hydrogen (secondary N) is 1. The van der Waals surface area contributed by atoms with Crippen LogP contribution in [0.1, 0.15) is 24.0 Å². The van der Waals surface area contributed by atoms with Crippen molar-refractivity contribution >= 4 is 11.6 Å². The molecule has 2 atom stereocenters. The lowest BCUT2D eigenvalue weighted by atomic mass is 9.70. The maximum absolute atomic E-state index is 6.20. The molecule has 2 aliphatic rings. The zero-order chi connectivity index (χ0) is 12.5. The number of hydrogen-bond donors (Lipinski definition) is 1. The number of halogens is 1. The largest absolute Gasteiger partial charge is 0.493 e. The molecule has 0 spiro atoms. The smallest absolute Gasteiger partial charge is 0.125 e. The van der Waals surface area contributed by atoms with Crippen molar-refractivity contribution < 1.29 is 4.74 Å². The predicted molar refractivity (Wildman–Crippen MR) is 74.5 cm³/mol. The zero-order valence-corrected chi connectivity index (χ0v) is 11.6. The number of hydrogen-bond acceptors (Lipinski definition) is 2. The second kappa shape index (κ2) is 5.10. The molecule has 1 aromatic carbocycles. The average Bonchev–Trinajstić information content (AvgIpc) is 2.79. The maximum Gasteiger partial charge on any atom is 0.125 e. The molecule has 1 aliphatic heterocycles. The van der Waals surface area contributed by atoms with Crippen molar-refractivity contribution in [3.8, 4) is 5.75 Å². The van der Waals surface area contributed by atoms with E-state index in [4.69, 9.17) is 16.3 Å². The van der Waals surface area contributed by atoms with Crippen LogP contribution < -0.4 is 10.1 Å². The second-order valence-electron chi connectivity index (χ2n) is 5.51. The third-order valence-corrected chi connectivity index (χ3v) is 4.57. The second-order valence-corrected chi connectivity index (χ2v) is 5.95.